The van der Waals surface area contributed by atoms with Crippen molar-refractivity contribution < 1.29 is 17.2 Å². The molecule has 0 saturated heterocycles. The molecule has 0 radical (unpaired) electrons. The first-order chi connectivity index (χ1) is 9.65. The van der Waals surface area contributed by atoms with Gasteiger partial charge in [-0.25, -0.2) is 17.5 Å². The van der Waals surface area contributed by atoms with E-state index in [1.54, 1.807) is 20.8 Å². The SMILES string of the molecule is CC(C)(C)NS(=O)(=O)c1sc([Si](C)(C)C)cc1/C(F)=C(\F)Cl. The number of sulfonamides is 1. The van der Waals surface area contributed by atoms with Crippen LogP contribution in [-0.4, -0.2) is 22.0 Å². The monoisotopic (exact) mass is 387 g/mol. The second-order valence-corrected chi connectivity index (χ2v) is 15.7. The number of hydrogen-bond donors (Lipinski definition) is 1. The van der Waals surface area contributed by atoms with Crippen molar-refractivity contribution in [2.45, 2.75) is 50.2 Å². The lowest BCUT2D eigenvalue weighted by atomic mass is 10.1. The maximum atomic E-state index is 14.0. The molecule has 0 saturated carbocycles. The van der Waals surface area contributed by atoms with E-state index in [1.807, 2.05) is 19.6 Å². The van der Waals surface area contributed by atoms with Crippen molar-refractivity contribution in [2.24, 2.45) is 0 Å². The van der Waals surface area contributed by atoms with Crippen molar-refractivity contribution >= 4 is 51.4 Å². The molecule has 0 aliphatic carbocycles. The first-order valence-corrected chi connectivity index (χ1v) is 12.7. The van der Waals surface area contributed by atoms with E-state index < -0.39 is 34.7 Å². The number of rotatable bonds is 4. The van der Waals surface area contributed by atoms with Gasteiger partial charge in [0.2, 0.25) is 5.29 Å². The molecule has 0 spiro atoms. The standard InChI is InChI=1S/C13H20ClF2NO2S2Si/c1-13(2,3)17-21(18,19)12-8(10(15)11(14)16)7-9(20-12)22(4,5)6/h7,17H,1-6H3/b11-10+. The summed E-state index contributed by atoms with van der Waals surface area (Å²) in [5.74, 6) is -1.35. The van der Waals surface area contributed by atoms with Gasteiger partial charge in [-0.3, -0.25) is 0 Å². The van der Waals surface area contributed by atoms with Crippen LogP contribution >= 0.6 is 22.9 Å². The Labute approximate surface area is 140 Å². The molecular formula is C13H20ClF2NO2S2Si. The van der Waals surface area contributed by atoms with E-state index in [0.717, 1.165) is 15.8 Å². The van der Waals surface area contributed by atoms with Crippen LogP contribution in [0.4, 0.5) is 8.78 Å². The van der Waals surface area contributed by atoms with Crippen LogP contribution < -0.4 is 9.22 Å². The highest BCUT2D eigenvalue weighted by atomic mass is 35.5. The third kappa shape index (κ3) is 4.86. The minimum Gasteiger partial charge on any atom is -0.206 e. The van der Waals surface area contributed by atoms with Crippen LogP contribution in [0.2, 0.25) is 19.6 Å². The average molecular weight is 388 g/mol. The molecule has 1 N–H and O–H groups in total. The smallest absolute Gasteiger partial charge is 0.206 e. The van der Waals surface area contributed by atoms with Gasteiger partial charge in [-0.1, -0.05) is 19.6 Å². The molecule has 9 heteroatoms. The zero-order chi connectivity index (χ0) is 17.5. The molecule has 0 amide bonds. The Morgan fingerprint density at radius 1 is 1.27 bits per heavy atom. The Kier molecular flexibility index (Phi) is 5.67. The van der Waals surface area contributed by atoms with Crippen LogP contribution in [0.15, 0.2) is 15.6 Å². The zero-order valence-corrected chi connectivity index (χ0v) is 16.7. The summed E-state index contributed by atoms with van der Waals surface area (Å²) in [4.78, 5) is 0. The topological polar surface area (TPSA) is 46.2 Å². The minimum absolute atomic E-state index is 0.242. The zero-order valence-electron chi connectivity index (χ0n) is 13.3. The molecule has 0 aromatic carbocycles. The molecule has 0 fully saturated rings. The summed E-state index contributed by atoms with van der Waals surface area (Å²) in [6, 6.07) is 1.39. The fraction of sp³-hybridized carbons (Fsp3) is 0.538. The molecule has 1 aromatic rings. The second-order valence-electron chi connectivity index (χ2n) is 6.99. The fourth-order valence-corrected chi connectivity index (χ4v) is 6.88. The molecule has 126 valence electrons. The van der Waals surface area contributed by atoms with Gasteiger partial charge < -0.3 is 0 Å². The lowest BCUT2D eigenvalue weighted by Crippen LogP contribution is -2.40. The molecule has 3 nitrogen and oxygen atoms in total. The molecule has 0 atom stereocenters. The van der Waals surface area contributed by atoms with Gasteiger partial charge in [-0.2, -0.15) is 4.39 Å². The Balaban J connectivity index is 3.59. The van der Waals surface area contributed by atoms with Crippen LogP contribution in [-0.2, 0) is 10.0 Å². The Bertz CT molecular complexity index is 697. The van der Waals surface area contributed by atoms with Gasteiger partial charge in [0.1, 0.15) is 4.21 Å². The lowest BCUT2D eigenvalue weighted by molar-refractivity contribution is 0.492. The van der Waals surface area contributed by atoms with E-state index in [-0.39, 0.29) is 9.77 Å². The Morgan fingerprint density at radius 2 is 1.77 bits per heavy atom. The first kappa shape index (κ1) is 19.8. The minimum atomic E-state index is -3.98. The van der Waals surface area contributed by atoms with Crippen molar-refractivity contribution in [3.8, 4) is 0 Å². The van der Waals surface area contributed by atoms with E-state index in [9.17, 15) is 17.2 Å². The van der Waals surface area contributed by atoms with Gasteiger partial charge in [-0.15, -0.1) is 11.3 Å². The predicted molar refractivity (Wildman–Crippen MR) is 92.4 cm³/mol. The van der Waals surface area contributed by atoms with Gasteiger partial charge in [0, 0.05) is 11.1 Å². The summed E-state index contributed by atoms with van der Waals surface area (Å²) in [6.07, 6.45) is 0. The van der Waals surface area contributed by atoms with Crippen LogP contribution in [0.3, 0.4) is 0 Å². The highest BCUT2D eigenvalue weighted by Crippen LogP contribution is 2.33. The van der Waals surface area contributed by atoms with Crippen molar-refractivity contribution in [1.29, 1.82) is 0 Å². The highest BCUT2D eigenvalue weighted by molar-refractivity contribution is 7.92. The quantitative estimate of drug-likeness (QED) is 0.788. The van der Waals surface area contributed by atoms with Gasteiger partial charge >= 0.3 is 0 Å². The highest BCUT2D eigenvalue weighted by Gasteiger charge is 2.32. The normalized spacial score (nSPS) is 15.0. The van der Waals surface area contributed by atoms with Crippen molar-refractivity contribution in [2.75, 3.05) is 0 Å². The summed E-state index contributed by atoms with van der Waals surface area (Å²) in [6.45, 7) is 11.0. The molecule has 0 bridgehead atoms. The summed E-state index contributed by atoms with van der Waals surface area (Å²) >= 11 is 6.05. The van der Waals surface area contributed by atoms with E-state index in [2.05, 4.69) is 4.72 Å². The van der Waals surface area contributed by atoms with Gasteiger partial charge in [0.15, 0.2) is 5.83 Å². The van der Waals surface area contributed by atoms with Crippen molar-refractivity contribution in [3.63, 3.8) is 0 Å². The molecule has 1 rings (SSSR count). The number of hydrogen-bond acceptors (Lipinski definition) is 3. The number of thiophene rings is 1. The first-order valence-electron chi connectivity index (χ1n) is 6.54. The summed E-state index contributed by atoms with van der Waals surface area (Å²) in [7, 11) is -5.87. The summed E-state index contributed by atoms with van der Waals surface area (Å²) in [5.41, 5.74) is -1.05. The average Bonchev–Trinajstić information content (AvgIpc) is 2.69. The summed E-state index contributed by atoms with van der Waals surface area (Å²) < 4.78 is 55.0. The van der Waals surface area contributed by atoms with E-state index in [0.29, 0.717) is 0 Å². The molecule has 0 aliphatic rings. The molecular weight excluding hydrogens is 368 g/mol. The van der Waals surface area contributed by atoms with Gasteiger partial charge in [0.05, 0.1) is 8.07 Å². The largest absolute Gasteiger partial charge is 0.251 e. The van der Waals surface area contributed by atoms with E-state index >= 15 is 0 Å². The molecule has 22 heavy (non-hydrogen) atoms. The third-order valence-corrected chi connectivity index (χ3v) is 9.70. The maximum Gasteiger partial charge on any atom is 0.251 e. The maximum absolute atomic E-state index is 14.0. The van der Waals surface area contributed by atoms with Crippen LogP contribution in [0.1, 0.15) is 26.3 Å². The van der Waals surface area contributed by atoms with Gasteiger partial charge in [0.25, 0.3) is 10.0 Å². The van der Waals surface area contributed by atoms with Crippen LogP contribution in [0, 0.1) is 0 Å². The van der Waals surface area contributed by atoms with E-state index in [4.69, 9.17) is 11.6 Å². The van der Waals surface area contributed by atoms with Crippen LogP contribution in [0.5, 0.6) is 0 Å². The van der Waals surface area contributed by atoms with Crippen LogP contribution in [0.25, 0.3) is 5.83 Å². The van der Waals surface area contributed by atoms with Crippen molar-refractivity contribution in [3.05, 3.63) is 16.9 Å². The number of halogens is 3. The predicted octanol–water partition coefficient (Wildman–Crippen LogP) is 4.17. The Hall–Kier alpha value is -0.283. The second kappa shape index (κ2) is 6.31. The molecule has 0 unspecified atom stereocenters. The lowest BCUT2D eigenvalue weighted by Gasteiger charge is -2.20. The third-order valence-electron chi connectivity index (χ3n) is 2.52. The number of nitrogens with one attached hydrogen (secondary N) is 1. The molecule has 1 aromatic heterocycles. The van der Waals surface area contributed by atoms with Crippen molar-refractivity contribution in [1.82, 2.24) is 4.72 Å². The fourth-order valence-electron chi connectivity index (χ4n) is 1.65. The van der Waals surface area contributed by atoms with Gasteiger partial charge in [-0.05, 0) is 42.9 Å². The molecule has 1 heterocycles. The Morgan fingerprint density at radius 3 is 2.14 bits per heavy atom. The molecule has 0 aliphatic heterocycles. The van der Waals surface area contributed by atoms with E-state index in [1.165, 1.54) is 6.07 Å². The summed E-state index contributed by atoms with van der Waals surface area (Å²) in [5, 5.41) is -1.55.